The van der Waals surface area contributed by atoms with Gasteiger partial charge in [-0.15, -0.1) is 11.3 Å². The first-order chi connectivity index (χ1) is 7.93. The zero-order valence-electron chi connectivity index (χ0n) is 9.20. The summed E-state index contributed by atoms with van der Waals surface area (Å²) in [6, 6.07) is 1.69. The molecule has 0 aromatic carbocycles. The van der Waals surface area contributed by atoms with E-state index in [0.717, 1.165) is 16.6 Å². The van der Waals surface area contributed by atoms with Crippen molar-refractivity contribution < 1.29 is 14.7 Å². The number of rotatable bonds is 4. The van der Waals surface area contributed by atoms with Crippen LogP contribution in [-0.4, -0.2) is 22.5 Å². The van der Waals surface area contributed by atoms with Crippen LogP contribution in [0.2, 0.25) is 0 Å². The lowest BCUT2D eigenvalue weighted by Crippen LogP contribution is -2.53. The molecule has 6 heteroatoms. The summed E-state index contributed by atoms with van der Waals surface area (Å²) in [7, 11) is 0. The molecule has 1 unspecified atom stereocenters. The third kappa shape index (κ3) is 2.52. The lowest BCUT2D eigenvalue weighted by Gasteiger charge is -2.25. The van der Waals surface area contributed by atoms with Crippen molar-refractivity contribution in [2.75, 3.05) is 0 Å². The molecule has 92 valence electrons. The van der Waals surface area contributed by atoms with E-state index >= 15 is 0 Å². The highest BCUT2D eigenvalue weighted by atomic mass is 79.9. The number of aliphatic carboxylic acids is 1. The molecule has 0 radical (unpaired) electrons. The molecule has 0 bridgehead atoms. The number of carbonyl (C=O) groups is 2. The van der Waals surface area contributed by atoms with Crippen molar-refractivity contribution >= 4 is 39.1 Å². The van der Waals surface area contributed by atoms with Crippen molar-refractivity contribution in [1.29, 1.82) is 0 Å². The van der Waals surface area contributed by atoms with Crippen molar-refractivity contribution in [3.05, 3.63) is 20.8 Å². The fourth-order valence-corrected chi connectivity index (χ4v) is 2.86. The Hall–Kier alpha value is -0.880. The molecule has 1 aromatic heterocycles. The molecular weight excluding hydrogens is 306 g/mol. The summed E-state index contributed by atoms with van der Waals surface area (Å²) in [4.78, 5) is 23.2. The van der Waals surface area contributed by atoms with Crippen LogP contribution in [0.15, 0.2) is 15.2 Å². The second-order valence-corrected chi connectivity index (χ2v) is 6.67. The van der Waals surface area contributed by atoms with E-state index in [1.807, 2.05) is 0 Å². The van der Waals surface area contributed by atoms with E-state index in [2.05, 4.69) is 21.2 Å². The zero-order chi connectivity index (χ0) is 12.6. The number of hydrogen-bond donors (Lipinski definition) is 2. The van der Waals surface area contributed by atoms with Gasteiger partial charge in [-0.25, -0.2) is 4.79 Å². The molecule has 1 saturated carbocycles. The van der Waals surface area contributed by atoms with Gasteiger partial charge in [-0.1, -0.05) is 0 Å². The van der Waals surface area contributed by atoms with E-state index in [1.54, 1.807) is 18.4 Å². The van der Waals surface area contributed by atoms with Crippen LogP contribution in [0.1, 0.15) is 30.1 Å². The quantitative estimate of drug-likeness (QED) is 0.896. The lowest BCUT2D eigenvalue weighted by molar-refractivity contribution is -0.144. The first kappa shape index (κ1) is 12.6. The number of halogens is 1. The molecular formula is C11H12BrNO3S. The minimum absolute atomic E-state index is 0.0472. The normalized spacial score (nSPS) is 18.5. The maximum absolute atomic E-state index is 11.9. The standard InChI is InChI=1S/C11H12BrNO3S/c1-11(10(15)16,7-2-3-7)13-9(14)6-4-8(12)17-5-6/h4-5,7H,2-3H2,1H3,(H,13,14)(H,15,16). The average Bonchev–Trinajstić information content (AvgIpc) is 3.01. The summed E-state index contributed by atoms with van der Waals surface area (Å²) in [6.45, 7) is 1.58. The third-order valence-electron chi connectivity index (χ3n) is 3.04. The van der Waals surface area contributed by atoms with E-state index < -0.39 is 11.5 Å². The number of carboxylic acids is 1. The van der Waals surface area contributed by atoms with E-state index in [1.165, 1.54) is 11.3 Å². The van der Waals surface area contributed by atoms with Crippen LogP contribution in [0.3, 0.4) is 0 Å². The molecule has 2 rings (SSSR count). The smallest absolute Gasteiger partial charge is 0.329 e. The van der Waals surface area contributed by atoms with Gasteiger partial charge in [-0.2, -0.15) is 0 Å². The van der Waals surface area contributed by atoms with Crippen LogP contribution in [0.5, 0.6) is 0 Å². The second kappa shape index (κ2) is 4.42. The predicted molar refractivity (Wildman–Crippen MR) is 68.3 cm³/mol. The zero-order valence-corrected chi connectivity index (χ0v) is 11.6. The fourth-order valence-electron chi connectivity index (χ4n) is 1.73. The molecule has 1 aliphatic carbocycles. The SMILES string of the molecule is CC(NC(=O)c1csc(Br)c1)(C(=O)O)C1CC1. The molecule has 0 saturated heterocycles. The van der Waals surface area contributed by atoms with Gasteiger partial charge in [0.25, 0.3) is 5.91 Å². The van der Waals surface area contributed by atoms with E-state index in [-0.39, 0.29) is 11.8 Å². The molecule has 1 heterocycles. The molecule has 1 aromatic rings. The number of amides is 1. The summed E-state index contributed by atoms with van der Waals surface area (Å²) >= 11 is 4.67. The summed E-state index contributed by atoms with van der Waals surface area (Å²) in [5, 5.41) is 13.6. The molecule has 1 fully saturated rings. The molecule has 1 aliphatic rings. The Bertz CT molecular complexity index is 469. The monoisotopic (exact) mass is 317 g/mol. The predicted octanol–water partition coefficient (Wildman–Crippen LogP) is 2.49. The first-order valence-electron chi connectivity index (χ1n) is 5.23. The average molecular weight is 318 g/mol. The van der Waals surface area contributed by atoms with Gasteiger partial charge in [-0.3, -0.25) is 4.79 Å². The number of carboxylic acid groups (broad SMARTS) is 1. The molecule has 4 nitrogen and oxygen atoms in total. The molecule has 1 atom stereocenters. The highest BCUT2D eigenvalue weighted by Gasteiger charge is 2.48. The van der Waals surface area contributed by atoms with Crippen molar-refractivity contribution in [2.45, 2.75) is 25.3 Å². The molecule has 17 heavy (non-hydrogen) atoms. The van der Waals surface area contributed by atoms with Crippen molar-refractivity contribution in [1.82, 2.24) is 5.32 Å². The molecule has 1 amide bonds. The Labute approximate surface area is 111 Å². The minimum atomic E-state index is -1.15. The van der Waals surface area contributed by atoms with E-state index in [4.69, 9.17) is 0 Å². The topological polar surface area (TPSA) is 66.4 Å². The number of thiophene rings is 1. The highest BCUT2D eigenvalue weighted by Crippen LogP contribution is 2.40. The molecule has 2 N–H and O–H groups in total. The van der Waals surface area contributed by atoms with Gasteiger partial charge in [0.1, 0.15) is 5.54 Å². The first-order valence-corrected chi connectivity index (χ1v) is 6.90. The molecule has 0 aliphatic heterocycles. The van der Waals surface area contributed by atoms with Crippen LogP contribution in [0.25, 0.3) is 0 Å². The van der Waals surface area contributed by atoms with E-state index in [9.17, 15) is 14.7 Å². The summed E-state index contributed by atoms with van der Waals surface area (Å²) in [5.74, 6) is -1.25. The summed E-state index contributed by atoms with van der Waals surface area (Å²) in [5.41, 5.74) is -0.652. The summed E-state index contributed by atoms with van der Waals surface area (Å²) < 4.78 is 0.853. The van der Waals surface area contributed by atoms with Crippen LogP contribution in [0, 0.1) is 5.92 Å². The van der Waals surface area contributed by atoms with E-state index in [0.29, 0.717) is 5.56 Å². The van der Waals surface area contributed by atoms with Gasteiger partial charge in [0.15, 0.2) is 0 Å². The highest BCUT2D eigenvalue weighted by molar-refractivity contribution is 9.11. The van der Waals surface area contributed by atoms with Crippen molar-refractivity contribution in [3.63, 3.8) is 0 Å². The Morgan fingerprint density at radius 3 is 2.65 bits per heavy atom. The van der Waals surface area contributed by atoms with Gasteiger partial charge in [0, 0.05) is 5.38 Å². The van der Waals surface area contributed by atoms with Crippen LogP contribution in [-0.2, 0) is 4.79 Å². The van der Waals surface area contributed by atoms with Crippen LogP contribution >= 0.6 is 27.3 Å². The van der Waals surface area contributed by atoms with Crippen LogP contribution in [0.4, 0.5) is 0 Å². The number of nitrogens with one attached hydrogen (secondary N) is 1. The lowest BCUT2D eigenvalue weighted by atomic mass is 9.95. The Morgan fingerprint density at radius 1 is 1.59 bits per heavy atom. The van der Waals surface area contributed by atoms with Crippen LogP contribution < -0.4 is 5.32 Å². The Balaban J connectivity index is 2.14. The van der Waals surface area contributed by atoms with Gasteiger partial charge in [0.05, 0.1) is 9.35 Å². The van der Waals surface area contributed by atoms with Gasteiger partial charge in [0.2, 0.25) is 0 Å². The second-order valence-electron chi connectivity index (χ2n) is 4.38. The number of carbonyl (C=O) groups excluding carboxylic acids is 1. The van der Waals surface area contributed by atoms with Crippen molar-refractivity contribution in [3.8, 4) is 0 Å². The van der Waals surface area contributed by atoms with Gasteiger partial charge < -0.3 is 10.4 Å². The largest absolute Gasteiger partial charge is 0.480 e. The number of hydrogen-bond acceptors (Lipinski definition) is 3. The van der Waals surface area contributed by atoms with Gasteiger partial charge >= 0.3 is 5.97 Å². The van der Waals surface area contributed by atoms with Gasteiger partial charge in [-0.05, 0) is 47.7 Å². The maximum Gasteiger partial charge on any atom is 0.329 e. The Morgan fingerprint density at radius 2 is 2.24 bits per heavy atom. The Kier molecular flexibility index (Phi) is 3.27. The third-order valence-corrected chi connectivity index (χ3v) is 4.55. The summed E-state index contributed by atoms with van der Waals surface area (Å²) in [6.07, 6.45) is 1.72. The minimum Gasteiger partial charge on any atom is -0.480 e. The fraction of sp³-hybridized carbons (Fsp3) is 0.455. The molecule has 0 spiro atoms. The maximum atomic E-state index is 11.9. The van der Waals surface area contributed by atoms with Crippen molar-refractivity contribution in [2.24, 2.45) is 5.92 Å².